The van der Waals surface area contributed by atoms with Crippen LogP contribution in [0.2, 0.25) is 0 Å². The number of ether oxygens (including phenoxy) is 3. The van der Waals surface area contributed by atoms with Gasteiger partial charge >= 0.3 is 5.97 Å². The molecule has 2 aromatic rings. The molecule has 206 valence electrons. The van der Waals surface area contributed by atoms with Gasteiger partial charge in [-0.05, 0) is 36.8 Å². The maximum Gasteiger partial charge on any atom is 0.333 e. The third-order valence-corrected chi connectivity index (χ3v) is 7.51. The molecule has 2 amide bonds. The number of benzene rings is 1. The van der Waals surface area contributed by atoms with Crippen LogP contribution >= 0.6 is 0 Å². The van der Waals surface area contributed by atoms with Crippen molar-refractivity contribution in [2.45, 2.75) is 71.8 Å². The summed E-state index contributed by atoms with van der Waals surface area (Å²) in [6.45, 7) is 7.49. The Balaban J connectivity index is 1.25. The van der Waals surface area contributed by atoms with Gasteiger partial charge in [-0.25, -0.2) is 9.48 Å². The van der Waals surface area contributed by atoms with Gasteiger partial charge in [0, 0.05) is 37.4 Å². The Hall–Kier alpha value is -3.31. The standard InChI is InChI=1S/C27H36N4O7/c1-17-18(2)23(16-30-15-22(28-29-30)20-8-7-9-21(14-20)35-4)37-27(19(17)3)36-13-6-5-10-26(34)38-31-24(32)11-12-25(31)33/h7-9,14-15,17-19,23,27H,5-6,10-13,16H2,1-4H3. The van der Waals surface area contributed by atoms with E-state index in [2.05, 4.69) is 31.1 Å². The van der Waals surface area contributed by atoms with E-state index in [4.69, 9.17) is 19.0 Å². The van der Waals surface area contributed by atoms with Gasteiger partial charge in [0.05, 0.1) is 26.0 Å². The van der Waals surface area contributed by atoms with Crippen molar-refractivity contribution in [1.82, 2.24) is 20.1 Å². The molecule has 38 heavy (non-hydrogen) atoms. The van der Waals surface area contributed by atoms with Crippen LogP contribution in [-0.2, 0) is 35.2 Å². The quantitative estimate of drug-likeness (QED) is 0.319. The summed E-state index contributed by atoms with van der Waals surface area (Å²) in [7, 11) is 1.63. The third-order valence-electron chi connectivity index (χ3n) is 7.51. The van der Waals surface area contributed by atoms with Crippen LogP contribution in [0.25, 0.3) is 11.3 Å². The fourth-order valence-corrected chi connectivity index (χ4v) is 4.75. The van der Waals surface area contributed by atoms with Crippen LogP contribution in [0.5, 0.6) is 5.75 Å². The molecule has 2 fully saturated rings. The maximum atomic E-state index is 12.0. The lowest BCUT2D eigenvalue weighted by Gasteiger charge is -2.43. The molecule has 4 rings (SSSR count). The van der Waals surface area contributed by atoms with Gasteiger partial charge in [0.15, 0.2) is 6.29 Å². The number of unbranched alkanes of at least 4 members (excludes halogenated alkanes) is 1. The van der Waals surface area contributed by atoms with Crippen molar-refractivity contribution in [3.05, 3.63) is 30.5 Å². The van der Waals surface area contributed by atoms with E-state index < -0.39 is 17.8 Å². The van der Waals surface area contributed by atoms with E-state index >= 15 is 0 Å². The monoisotopic (exact) mass is 528 g/mol. The average Bonchev–Trinajstić information content (AvgIpc) is 3.51. The summed E-state index contributed by atoms with van der Waals surface area (Å²) in [6, 6.07) is 7.70. The number of rotatable bonds is 11. The first-order valence-electron chi connectivity index (χ1n) is 13.1. The second-order valence-electron chi connectivity index (χ2n) is 10.1. The second-order valence-corrected chi connectivity index (χ2v) is 10.1. The predicted molar refractivity (Wildman–Crippen MR) is 135 cm³/mol. The third kappa shape index (κ3) is 6.57. The van der Waals surface area contributed by atoms with E-state index in [1.54, 1.807) is 11.8 Å². The fraction of sp³-hybridized carbons (Fsp3) is 0.593. The second kappa shape index (κ2) is 12.5. The van der Waals surface area contributed by atoms with Crippen molar-refractivity contribution >= 4 is 17.8 Å². The number of imide groups is 1. The van der Waals surface area contributed by atoms with Crippen molar-refractivity contribution in [2.75, 3.05) is 13.7 Å². The largest absolute Gasteiger partial charge is 0.497 e. The molecule has 1 aromatic heterocycles. The lowest BCUT2D eigenvalue weighted by atomic mass is 9.79. The van der Waals surface area contributed by atoms with Gasteiger partial charge in [-0.3, -0.25) is 9.59 Å². The summed E-state index contributed by atoms with van der Waals surface area (Å²) < 4.78 is 19.6. The Morgan fingerprint density at radius 2 is 1.84 bits per heavy atom. The zero-order valence-corrected chi connectivity index (χ0v) is 22.4. The minimum atomic E-state index is -0.598. The first-order valence-corrected chi connectivity index (χ1v) is 13.1. The van der Waals surface area contributed by atoms with E-state index in [0.29, 0.717) is 42.9 Å². The number of carbonyl (C=O) groups is 3. The Morgan fingerprint density at radius 3 is 2.58 bits per heavy atom. The molecule has 5 unspecified atom stereocenters. The summed E-state index contributed by atoms with van der Waals surface area (Å²) in [6.07, 6.45) is 2.82. The van der Waals surface area contributed by atoms with Crippen molar-refractivity contribution in [3.8, 4) is 17.0 Å². The van der Waals surface area contributed by atoms with Gasteiger partial charge in [-0.1, -0.05) is 38.1 Å². The van der Waals surface area contributed by atoms with Gasteiger partial charge in [0.1, 0.15) is 11.4 Å². The normalized spacial score (nSPS) is 25.6. The first kappa shape index (κ1) is 27.7. The topological polar surface area (TPSA) is 122 Å². The van der Waals surface area contributed by atoms with E-state index in [1.807, 2.05) is 30.5 Å². The summed E-state index contributed by atoms with van der Waals surface area (Å²) >= 11 is 0. The fourth-order valence-electron chi connectivity index (χ4n) is 4.75. The number of hydrogen-bond donors (Lipinski definition) is 0. The molecule has 2 aliphatic rings. The van der Waals surface area contributed by atoms with Crippen LogP contribution in [-0.4, -0.2) is 64.0 Å². The van der Waals surface area contributed by atoms with Gasteiger partial charge in [0.25, 0.3) is 11.8 Å². The van der Waals surface area contributed by atoms with E-state index in [-0.39, 0.29) is 37.6 Å². The highest BCUT2D eigenvalue weighted by Crippen LogP contribution is 2.36. The molecule has 0 radical (unpaired) electrons. The maximum absolute atomic E-state index is 12.0. The molecule has 0 N–H and O–H groups in total. The Bertz CT molecular complexity index is 1120. The van der Waals surface area contributed by atoms with Crippen molar-refractivity contribution in [3.63, 3.8) is 0 Å². The molecule has 11 nitrogen and oxygen atoms in total. The number of aromatic nitrogens is 3. The highest BCUT2D eigenvalue weighted by Gasteiger charge is 2.40. The average molecular weight is 529 g/mol. The Labute approximate surface area is 222 Å². The molecule has 2 saturated heterocycles. The number of hydrogen-bond acceptors (Lipinski definition) is 9. The Kier molecular flexibility index (Phi) is 9.11. The molecule has 0 aliphatic carbocycles. The van der Waals surface area contributed by atoms with Gasteiger partial charge in [-0.15, -0.1) is 10.2 Å². The van der Waals surface area contributed by atoms with Crippen LogP contribution in [0.3, 0.4) is 0 Å². The number of hydroxylamine groups is 2. The Morgan fingerprint density at radius 1 is 1.08 bits per heavy atom. The SMILES string of the molecule is COc1cccc(-c2cn(CC3OC(OCCCCC(=O)ON4C(=O)CCC4=O)C(C)C(C)C3C)nn2)c1. The zero-order valence-electron chi connectivity index (χ0n) is 22.4. The lowest BCUT2D eigenvalue weighted by Crippen LogP contribution is -2.47. The summed E-state index contributed by atoms with van der Waals surface area (Å²) in [5, 5.41) is 9.21. The van der Waals surface area contributed by atoms with E-state index in [1.165, 1.54) is 0 Å². The van der Waals surface area contributed by atoms with Crippen LogP contribution in [0.1, 0.15) is 52.9 Å². The minimum Gasteiger partial charge on any atom is -0.497 e. The molecule has 1 aromatic carbocycles. The van der Waals surface area contributed by atoms with Gasteiger partial charge < -0.3 is 19.0 Å². The molecule has 5 atom stereocenters. The number of amides is 2. The molecule has 11 heteroatoms. The number of nitrogens with zero attached hydrogens (tertiary/aromatic N) is 4. The lowest BCUT2D eigenvalue weighted by molar-refractivity contribution is -0.251. The number of methoxy groups -OCH3 is 1. The molecule has 3 heterocycles. The van der Waals surface area contributed by atoms with Crippen molar-refractivity contribution in [1.29, 1.82) is 0 Å². The summed E-state index contributed by atoms with van der Waals surface area (Å²) in [5.74, 6) is 0.0652. The van der Waals surface area contributed by atoms with Crippen molar-refractivity contribution < 1.29 is 33.4 Å². The molecule has 0 spiro atoms. The van der Waals surface area contributed by atoms with Crippen LogP contribution in [0.15, 0.2) is 30.5 Å². The first-order chi connectivity index (χ1) is 18.3. The van der Waals surface area contributed by atoms with Crippen molar-refractivity contribution in [2.24, 2.45) is 17.8 Å². The highest BCUT2D eigenvalue weighted by molar-refractivity contribution is 6.01. The molecular formula is C27H36N4O7. The minimum absolute atomic E-state index is 0.0812. The molecule has 2 aliphatic heterocycles. The summed E-state index contributed by atoms with van der Waals surface area (Å²) in [4.78, 5) is 40.0. The van der Waals surface area contributed by atoms with Crippen LogP contribution < -0.4 is 4.74 Å². The van der Waals surface area contributed by atoms with E-state index in [0.717, 1.165) is 17.0 Å². The summed E-state index contributed by atoms with van der Waals surface area (Å²) in [5.41, 5.74) is 1.69. The van der Waals surface area contributed by atoms with Crippen LogP contribution in [0.4, 0.5) is 0 Å². The number of carbonyl (C=O) groups excluding carboxylic acids is 3. The zero-order chi connectivity index (χ0) is 27.2. The van der Waals surface area contributed by atoms with Crippen LogP contribution in [0, 0.1) is 17.8 Å². The van der Waals surface area contributed by atoms with Gasteiger partial charge in [-0.2, -0.15) is 0 Å². The molecule has 0 saturated carbocycles. The highest BCUT2D eigenvalue weighted by atomic mass is 16.7. The van der Waals surface area contributed by atoms with Gasteiger partial charge in [0.2, 0.25) is 0 Å². The smallest absolute Gasteiger partial charge is 0.333 e. The molecule has 0 bridgehead atoms. The predicted octanol–water partition coefficient (Wildman–Crippen LogP) is 3.38. The molecular weight excluding hydrogens is 492 g/mol. The van der Waals surface area contributed by atoms with E-state index in [9.17, 15) is 14.4 Å².